The predicted octanol–water partition coefficient (Wildman–Crippen LogP) is 3.25. The van der Waals surface area contributed by atoms with Gasteiger partial charge in [0.15, 0.2) is 0 Å². The lowest BCUT2D eigenvalue weighted by atomic mass is 10.2. The number of esters is 3. The average Bonchev–Trinajstić information content (AvgIpc) is 2.59. The van der Waals surface area contributed by atoms with Crippen LogP contribution >= 0.6 is 0 Å². The molecule has 126 valence electrons. The van der Waals surface area contributed by atoms with Gasteiger partial charge in [-0.05, 0) is 18.6 Å². The molecule has 0 radical (unpaired) electrons. The van der Waals surface area contributed by atoms with Crippen LogP contribution in [0.4, 0.5) is 0 Å². The lowest BCUT2D eigenvalue weighted by Gasteiger charge is -1.98. The standard InChI is InChI=1S/C14H12O3.C5H8O2/c1-3-13(15)17-14(16)11(2)9-10-12-7-5-4-6-8-12;1-4(2)5(6)7-3/h3-10H,1-2H2;1H2,2-3H3. The maximum absolute atomic E-state index is 11.3. The van der Waals surface area contributed by atoms with E-state index in [0.717, 1.165) is 11.6 Å². The van der Waals surface area contributed by atoms with Gasteiger partial charge in [0.25, 0.3) is 0 Å². The molecule has 5 nitrogen and oxygen atoms in total. The minimum Gasteiger partial charge on any atom is -0.466 e. The van der Waals surface area contributed by atoms with Crippen LogP contribution in [-0.4, -0.2) is 25.0 Å². The van der Waals surface area contributed by atoms with Crippen LogP contribution in [0.5, 0.6) is 0 Å². The van der Waals surface area contributed by atoms with Crippen molar-refractivity contribution in [1.82, 2.24) is 0 Å². The first-order valence-corrected chi connectivity index (χ1v) is 6.86. The SMILES string of the molecule is C=C(C)C(=O)OC.C=CC(=O)OC(=O)C(=C)C=Cc1ccccc1. The van der Waals surface area contributed by atoms with Crippen LogP contribution in [0.3, 0.4) is 0 Å². The number of methoxy groups -OCH3 is 1. The van der Waals surface area contributed by atoms with E-state index in [1.165, 1.54) is 13.2 Å². The molecule has 0 bridgehead atoms. The van der Waals surface area contributed by atoms with Crippen molar-refractivity contribution in [3.8, 4) is 0 Å². The smallest absolute Gasteiger partial charge is 0.345 e. The van der Waals surface area contributed by atoms with Gasteiger partial charge in [-0.25, -0.2) is 14.4 Å². The van der Waals surface area contributed by atoms with Gasteiger partial charge >= 0.3 is 17.9 Å². The van der Waals surface area contributed by atoms with Crippen molar-refractivity contribution in [2.45, 2.75) is 6.92 Å². The van der Waals surface area contributed by atoms with E-state index in [0.29, 0.717) is 5.57 Å². The van der Waals surface area contributed by atoms with Gasteiger partial charge < -0.3 is 9.47 Å². The Labute approximate surface area is 141 Å². The van der Waals surface area contributed by atoms with Gasteiger partial charge in [-0.2, -0.15) is 0 Å². The molecular weight excluding hydrogens is 308 g/mol. The second-order valence-electron chi connectivity index (χ2n) is 4.45. The molecule has 0 fully saturated rings. The van der Waals surface area contributed by atoms with E-state index in [1.807, 2.05) is 30.3 Å². The monoisotopic (exact) mass is 328 g/mol. The van der Waals surface area contributed by atoms with Crippen LogP contribution in [0.15, 0.2) is 73.4 Å². The Balaban J connectivity index is 0.000000640. The molecule has 0 atom stereocenters. The lowest BCUT2D eigenvalue weighted by molar-refractivity contribution is -0.153. The molecule has 0 aliphatic carbocycles. The molecule has 0 saturated heterocycles. The Hall–Kier alpha value is -3.21. The largest absolute Gasteiger partial charge is 0.466 e. The highest BCUT2D eigenvalue weighted by molar-refractivity contribution is 6.01. The normalized spacial score (nSPS) is 9.25. The maximum Gasteiger partial charge on any atom is 0.345 e. The average molecular weight is 328 g/mol. The fraction of sp³-hybridized carbons (Fsp3) is 0.105. The molecule has 1 rings (SSSR count). The summed E-state index contributed by atoms with van der Waals surface area (Å²) in [6.07, 6.45) is 4.13. The second-order valence-corrected chi connectivity index (χ2v) is 4.45. The van der Waals surface area contributed by atoms with Crippen molar-refractivity contribution in [1.29, 1.82) is 0 Å². The van der Waals surface area contributed by atoms with Gasteiger partial charge in [-0.15, -0.1) is 0 Å². The molecule has 0 N–H and O–H groups in total. The van der Waals surface area contributed by atoms with Gasteiger partial charge in [0.05, 0.1) is 12.7 Å². The summed E-state index contributed by atoms with van der Waals surface area (Å²) in [5.41, 5.74) is 1.46. The van der Waals surface area contributed by atoms with E-state index in [2.05, 4.69) is 29.2 Å². The second kappa shape index (κ2) is 11.4. The molecule has 0 spiro atoms. The predicted molar refractivity (Wildman–Crippen MR) is 92.7 cm³/mol. The minimum absolute atomic E-state index is 0.101. The molecular formula is C19H20O5. The topological polar surface area (TPSA) is 69.7 Å². The van der Waals surface area contributed by atoms with E-state index < -0.39 is 11.9 Å². The molecule has 0 saturated carbocycles. The summed E-state index contributed by atoms with van der Waals surface area (Å²) in [6, 6.07) is 9.40. The minimum atomic E-state index is -0.788. The highest BCUT2D eigenvalue weighted by Crippen LogP contribution is 2.05. The van der Waals surface area contributed by atoms with Crippen molar-refractivity contribution in [2.75, 3.05) is 7.11 Å². The van der Waals surface area contributed by atoms with Crippen molar-refractivity contribution in [3.63, 3.8) is 0 Å². The summed E-state index contributed by atoms with van der Waals surface area (Å²) in [5, 5.41) is 0. The van der Waals surface area contributed by atoms with Crippen LogP contribution in [-0.2, 0) is 23.9 Å². The van der Waals surface area contributed by atoms with Gasteiger partial charge in [-0.1, -0.05) is 56.1 Å². The molecule has 0 heterocycles. The van der Waals surface area contributed by atoms with Gasteiger partial charge in [0, 0.05) is 11.6 Å². The number of hydrogen-bond acceptors (Lipinski definition) is 5. The number of carbonyl (C=O) groups is 3. The Morgan fingerprint density at radius 3 is 2.04 bits per heavy atom. The third-order valence-corrected chi connectivity index (χ3v) is 2.43. The first kappa shape index (κ1) is 20.8. The Kier molecular flexibility index (Phi) is 9.85. The highest BCUT2D eigenvalue weighted by Gasteiger charge is 2.08. The highest BCUT2D eigenvalue weighted by atomic mass is 16.6. The molecule has 0 aromatic heterocycles. The fourth-order valence-electron chi connectivity index (χ4n) is 1.20. The summed E-state index contributed by atoms with van der Waals surface area (Å²) >= 11 is 0. The van der Waals surface area contributed by atoms with Gasteiger partial charge in [0.2, 0.25) is 0 Å². The van der Waals surface area contributed by atoms with Crippen LogP contribution in [0.1, 0.15) is 12.5 Å². The van der Waals surface area contributed by atoms with E-state index in [4.69, 9.17) is 0 Å². The molecule has 0 unspecified atom stereocenters. The van der Waals surface area contributed by atoms with E-state index >= 15 is 0 Å². The van der Waals surface area contributed by atoms with E-state index in [1.54, 1.807) is 13.0 Å². The first-order valence-electron chi connectivity index (χ1n) is 6.86. The Bertz CT molecular complexity index is 654. The molecule has 0 aliphatic rings. The first-order chi connectivity index (χ1) is 11.3. The van der Waals surface area contributed by atoms with Crippen molar-refractivity contribution < 1.29 is 23.9 Å². The van der Waals surface area contributed by atoms with Gasteiger partial charge in [-0.3, -0.25) is 0 Å². The molecule has 1 aromatic carbocycles. The van der Waals surface area contributed by atoms with Crippen molar-refractivity contribution in [3.05, 3.63) is 78.9 Å². The third kappa shape index (κ3) is 8.94. The summed E-state index contributed by atoms with van der Waals surface area (Å²) in [5.74, 6) is -1.91. The van der Waals surface area contributed by atoms with Crippen LogP contribution in [0, 0.1) is 0 Å². The number of rotatable bonds is 5. The number of benzene rings is 1. The molecule has 0 amide bonds. The quantitative estimate of drug-likeness (QED) is 0.359. The van der Waals surface area contributed by atoms with E-state index in [9.17, 15) is 14.4 Å². The number of hydrogen-bond donors (Lipinski definition) is 0. The Morgan fingerprint density at radius 1 is 1.04 bits per heavy atom. The summed E-state index contributed by atoms with van der Waals surface area (Å²) in [7, 11) is 1.33. The van der Waals surface area contributed by atoms with Crippen molar-refractivity contribution in [2.24, 2.45) is 0 Å². The summed E-state index contributed by atoms with van der Waals surface area (Å²) < 4.78 is 8.68. The van der Waals surface area contributed by atoms with Crippen LogP contribution in [0.2, 0.25) is 0 Å². The maximum atomic E-state index is 11.3. The van der Waals surface area contributed by atoms with Gasteiger partial charge in [0.1, 0.15) is 0 Å². The third-order valence-electron chi connectivity index (χ3n) is 2.43. The van der Waals surface area contributed by atoms with Crippen LogP contribution < -0.4 is 0 Å². The van der Waals surface area contributed by atoms with E-state index in [-0.39, 0.29) is 11.5 Å². The zero-order valence-corrected chi connectivity index (χ0v) is 13.8. The zero-order valence-electron chi connectivity index (χ0n) is 13.8. The molecule has 1 aromatic rings. The number of carbonyl (C=O) groups excluding carboxylic acids is 3. The van der Waals surface area contributed by atoms with Crippen molar-refractivity contribution >= 4 is 24.0 Å². The molecule has 24 heavy (non-hydrogen) atoms. The number of ether oxygens (including phenoxy) is 2. The molecule has 0 aliphatic heterocycles. The van der Waals surface area contributed by atoms with Crippen LogP contribution in [0.25, 0.3) is 6.08 Å². The lowest BCUT2D eigenvalue weighted by Crippen LogP contribution is -2.10. The zero-order chi connectivity index (χ0) is 18.5. The summed E-state index contributed by atoms with van der Waals surface area (Å²) in [6.45, 7) is 11.7. The molecule has 5 heteroatoms. The fourth-order valence-corrected chi connectivity index (χ4v) is 1.20. The Morgan fingerprint density at radius 2 is 1.62 bits per heavy atom. The summed E-state index contributed by atoms with van der Waals surface area (Å²) in [4.78, 5) is 32.3.